The van der Waals surface area contributed by atoms with Gasteiger partial charge in [-0.2, -0.15) is 0 Å². The van der Waals surface area contributed by atoms with Gasteiger partial charge in [0.05, 0.1) is 0 Å². The van der Waals surface area contributed by atoms with Gasteiger partial charge in [0.25, 0.3) is 0 Å². The standard InChI is InChI=1S/C18H30N2O/c1-15(2)12-19-13-18(10-4-5-11-18)14-20(3)16-6-8-17(21)9-7-16/h6-9,15,19,21H,4-5,10-14H2,1-3H3. The first-order valence-corrected chi connectivity index (χ1v) is 8.22. The van der Waals surface area contributed by atoms with E-state index in [0.29, 0.717) is 17.1 Å². The zero-order valence-corrected chi connectivity index (χ0v) is 13.7. The number of benzene rings is 1. The van der Waals surface area contributed by atoms with Crippen LogP contribution in [0.15, 0.2) is 24.3 Å². The minimum atomic E-state index is 0.335. The Morgan fingerprint density at radius 2 is 1.81 bits per heavy atom. The van der Waals surface area contributed by atoms with Crippen LogP contribution in [-0.4, -0.2) is 31.8 Å². The first-order valence-electron chi connectivity index (χ1n) is 8.22. The highest BCUT2D eigenvalue weighted by atomic mass is 16.3. The summed E-state index contributed by atoms with van der Waals surface area (Å²) in [5.74, 6) is 1.04. The van der Waals surface area contributed by atoms with Crippen molar-refractivity contribution in [3.8, 4) is 5.75 Å². The van der Waals surface area contributed by atoms with Crippen LogP contribution in [0.1, 0.15) is 39.5 Å². The van der Waals surface area contributed by atoms with Gasteiger partial charge in [0.15, 0.2) is 0 Å². The van der Waals surface area contributed by atoms with Crippen molar-refractivity contribution in [2.24, 2.45) is 11.3 Å². The second-order valence-corrected chi connectivity index (χ2v) is 7.10. The fourth-order valence-electron chi connectivity index (χ4n) is 3.44. The normalized spacial score (nSPS) is 17.3. The number of nitrogens with one attached hydrogen (secondary N) is 1. The van der Waals surface area contributed by atoms with Crippen LogP contribution in [0.25, 0.3) is 0 Å². The lowest BCUT2D eigenvalue weighted by Gasteiger charge is -2.35. The average Bonchev–Trinajstić information content (AvgIpc) is 2.87. The van der Waals surface area contributed by atoms with Crippen LogP contribution in [0.4, 0.5) is 5.69 Å². The molecule has 3 nitrogen and oxygen atoms in total. The lowest BCUT2D eigenvalue weighted by Crippen LogP contribution is -2.42. The third-order valence-electron chi connectivity index (χ3n) is 4.58. The molecule has 2 rings (SSSR count). The Bertz CT molecular complexity index is 421. The predicted octanol–water partition coefficient (Wildman–Crippen LogP) is 3.63. The summed E-state index contributed by atoms with van der Waals surface area (Å²) in [5, 5.41) is 13.1. The number of aromatic hydroxyl groups is 1. The Morgan fingerprint density at radius 1 is 1.19 bits per heavy atom. The van der Waals surface area contributed by atoms with Gasteiger partial charge in [0, 0.05) is 31.2 Å². The van der Waals surface area contributed by atoms with Gasteiger partial charge in [-0.05, 0) is 49.6 Å². The smallest absolute Gasteiger partial charge is 0.115 e. The number of phenols is 1. The molecule has 21 heavy (non-hydrogen) atoms. The van der Waals surface area contributed by atoms with Crippen LogP contribution in [-0.2, 0) is 0 Å². The van der Waals surface area contributed by atoms with E-state index < -0.39 is 0 Å². The van der Waals surface area contributed by atoms with Crippen molar-refractivity contribution in [3.05, 3.63) is 24.3 Å². The van der Waals surface area contributed by atoms with Crippen molar-refractivity contribution in [3.63, 3.8) is 0 Å². The van der Waals surface area contributed by atoms with E-state index in [2.05, 4.69) is 31.1 Å². The summed E-state index contributed by atoms with van der Waals surface area (Å²) in [6.45, 7) is 7.83. The summed E-state index contributed by atoms with van der Waals surface area (Å²) in [6, 6.07) is 7.54. The molecule has 0 atom stereocenters. The van der Waals surface area contributed by atoms with Gasteiger partial charge in [0.1, 0.15) is 5.75 Å². The largest absolute Gasteiger partial charge is 0.508 e. The molecule has 1 aliphatic rings. The fourth-order valence-corrected chi connectivity index (χ4v) is 3.44. The molecule has 0 radical (unpaired) electrons. The molecular formula is C18H30N2O. The zero-order valence-electron chi connectivity index (χ0n) is 13.7. The molecule has 2 N–H and O–H groups in total. The molecule has 0 aliphatic heterocycles. The highest BCUT2D eigenvalue weighted by molar-refractivity contribution is 5.48. The SMILES string of the molecule is CC(C)CNCC1(CN(C)c2ccc(O)cc2)CCCC1. The minimum absolute atomic E-state index is 0.335. The van der Waals surface area contributed by atoms with Crippen molar-refractivity contribution < 1.29 is 5.11 Å². The van der Waals surface area contributed by atoms with Crippen LogP contribution in [0.5, 0.6) is 5.75 Å². The zero-order chi connectivity index (χ0) is 15.3. The van der Waals surface area contributed by atoms with Crippen molar-refractivity contribution in [1.29, 1.82) is 0 Å². The molecule has 1 aliphatic carbocycles. The van der Waals surface area contributed by atoms with Gasteiger partial charge in [-0.1, -0.05) is 26.7 Å². The van der Waals surface area contributed by atoms with Crippen LogP contribution in [0, 0.1) is 11.3 Å². The van der Waals surface area contributed by atoms with Crippen molar-refractivity contribution >= 4 is 5.69 Å². The van der Waals surface area contributed by atoms with Crippen LogP contribution in [0.3, 0.4) is 0 Å². The van der Waals surface area contributed by atoms with E-state index in [1.807, 2.05) is 12.1 Å². The summed E-state index contributed by atoms with van der Waals surface area (Å²) >= 11 is 0. The van der Waals surface area contributed by atoms with Crippen molar-refractivity contribution in [2.75, 3.05) is 31.6 Å². The van der Waals surface area contributed by atoms with Crippen LogP contribution >= 0.6 is 0 Å². The molecule has 0 bridgehead atoms. The van der Waals surface area contributed by atoms with Gasteiger partial charge < -0.3 is 15.3 Å². The highest BCUT2D eigenvalue weighted by Crippen LogP contribution is 2.39. The maximum Gasteiger partial charge on any atom is 0.115 e. The topological polar surface area (TPSA) is 35.5 Å². The number of hydrogen-bond acceptors (Lipinski definition) is 3. The highest BCUT2D eigenvalue weighted by Gasteiger charge is 2.34. The van der Waals surface area contributed by atoms with Gasteiger partial charge in [0.2, 0.25) is 0 Å². The summed E-state index contributed by atoms with van der Waals surface area (Å²) in [6.07, 6.45) is 5.35. The van der Waals surface area contributed by atoms with Gasteiger partial charge in [-0.25, -0.2) is 0 Å². The Hall–Kier alpha value is -1.22. The lowest BCUT2D eigenvalue weighted by molar-refractivity contribution is 0.282. The second-order valence-electron chi connectivity index (χ2n) is 7.10. The van der Waals surface area contributed by atoms with E-state index in [-0.39, 0.29) is 0 Å². The van der Waals surface area contributed by atoms with E-state index in [1.54, 1.807) is 12.1 Å². The molecular weight excluding hydrogens is 260 g/mol. The van der Waals surface area contributed by atoms with E-state index in [4.69, 9.17) is 0 Å². The number of rotatable bonds is 7. The molecule has 1 aromatic carbocycles. The molecule has 3 heteroatoms. The van der Waals surface area contributed by atoms with E-state index in [9.17, 15) is 5.11 Å². The fraction of sp³-hybridized carbons (Fsp3) is 0.667. The summed E-state index contributed by atoms with van der Waals surface area (Å²) in [7, 11) is 2.16. The molecule has 0 heterocycles. The molecule has 1 fully saturated rings. The van der Waals surface area contributed by atoms with Gasteiger partial charge >= 0.3 is 0 Å². The Balaban J connectivity index is 1.96. The monoisotopic (exact) mass is 290 g/mol. The predicted molar refractivity (Wildman–Crippen MR) is 90.0 cm³/mol. The quantitative estimate of drug-likeness (QED) is 0.805. The first-order chi connectivity index (χ1) is 10.0. The maximum atomic E-state index is 9.41. The number of nitrogens with zero attached hydrogens (tertiary/aromatic N) is 1. The van der Waals surface area contributed by atoms with E-state index in [1.165, 1.54) is 31.4 Å². The molecule has 118 valence electrons. The summed E-state index contributed by atoms with van der Waals surface area (Å²) in [4.78, 5) is 2.34. The average molecular weight is 290 g/mol. The molecule has 1 aromatic rings. The van der Waals surface area contributed by atoms with Gasteiger partial charge in [-0.3, -0.25) is 0 Å². The molecule has 0 spiro atoms. The number of hydrogen-bond donors (Lipinski definition) is 2. The van der Waals surface area contributed by atoms with Gasteiger partial charge in [-0.15, -0.1) is 0 Å². The number of anilines is 1. The summed E-state index contributed by atoms with van der Waals surface area (Å²) in [5.41, 5.74) is 1.59. The third kappa shape index (κ3) is 4.63. The van der Waals surface area contributed by atoms with Crippen molar-refractivity contribution in [1.82, 2.24) is 5.32 Å². The Labute approximate surface area is 129 Å². The Kier molecular flexibility index (Phi) is 5.51. The maximum absolute atomic E-state index is 9.41. The van der Waals surface area contributed by atoms with E-state index in [0.717, 1.165) is 19.6 Å². The Morgan fingerprint density at radius 3 is 2.38 bits per heavy atom. The molecule has 0 aromatic heterocycles. The lowest BCUT2D eigenvalue weighted by atomic mass is 9.85. The molecule has 0 saturated heterocycles. The number of phenolic OH excluding ortho intramolecular Hbond substituents is 1. The second kappa shape index (κ2) is 7.17. The molecule has 0 unspecified atom stereocenters. The van der Waals surface area contributed by atoms with Crippen LogP contribution in [0.2, 0.25) is 0 Å². The third-order valence-corrected chi connectivity index (χ3v) is 4.58. The van der Waals surface area contributed by atoms with Crippen LogP contribution < -0.4 is 10.2 Å². The van der Waals surface area contributed by atoms with Crippen molar-refractivity contribution in [2.45, 2.75) is 39.5 Å². The first kappa shape index (κ1) is 16.2. The van der Waals surface area contributed by atoms with E-state index >= 15 is 0 Å². The molecule has 0 amide bonds. The minimum Gasteiger partial charge on any atom is -0.508 e. The molecule has 1 saturated carbocycles. The summed E-state index contributed by atoms with van der Waals surface area (Å²) < 4.78 is 0.